The van der Waals surface area contributed by atoms with Crippen molar-refractivity contribution in [3.05, 3.63) is 23.8 Å². The Labute approximate surface area is 145 Å². The van der Waals surface area contributed by atoms with Gasteiger partial charge in [-0.2, -0.15) is 0 Å². The third-order valence-corrected chi connectivity index (χ3v) is 4.11. The summed E-state index contributed by atoms with van der Waals surface area (Å²) in [5.74, 6) is -1.35. The quantitative estimate of drug-likeness (QED) is 0.801. The van der Waals surface area contributed by atoms with E-state index in [1.165, 1.54) is 33.1 Å². The van der Waals surface area contributed by atoms with Gasteiger partial charge in [-0.1, -0.05) is 6.07 Å². The molecule has 8 nitrogen and oxygen atoms in total. The van der Waals surface area contributed by atoms with Gasteiger partial charge in [0.15, 0.2) is 17.6 Å². The number of esters is 1. The molecular formula is C17H22N2O6. The zero-order valence-electron chi connectivity index (χ0n) is 14.5. The molecule has 136 valence electrons. The lowest BCUT2D eigenvalue weighted by atomic mass is 10.2. The fourth-order valence-corrected chi connectivity index (χ4v) is 2.63. The minimum atomic E-state index is -0.998. The number of phenols is 1. The van der Waals surface area contributed by atoms with Crippen molar-refractivity contribution in [2.45, 2.75) is 20.0 Å². The molecule has 1 N–H and O–H groups in total. The summed E-state index contributed by atoms with van der Waals surface area (Å²) in [5.41, 5.74) is -0.0691. The van der Waals surface area contributed by atoms with Gasteiger partial charge in [-0.3, -0.25) is 9.59 Å². The molecule has 0 bridgehead atoms. The highest BCUT2D eigenvalue weighted by molar-refractivity contribution is 5.95. The standard InChI is InChI=1S/C17H22N2O6/c1-11(16(22)19-9-7-18(8-10-19)12(2)20)25-17(23)13-5-4-6-14(24-3)15(13)21/h4-6,11,21H,7-10H2,1-3H3/t11-/m1/s1. The van der Waals surface area contributed by atoms with Crippen LogP contribution in [0.5, 0.6) is 11.5 Å². The number of ether oxygens (including phenoxy) is 2. The van der Waals surface area contributed by atoms with E-state index in [1.807, 2.05) is 0 Å². The van der Waals surface area contributed by atoms with Gasteiger partial charge >= 0.3 is 5.97 Å². The van der Waals surface area contributed by atoms with Gasteiger partial charge in [0.05, 0.1) is 7.11 Å². The van der Waals surface area contributed by atoms with Crippen LogP contribution in [0.15, 0.2) is 18.2 Å². The fraction of sp³-hybridized carbons (Fsp3) is 0.471. The molecule has 1 atom stereocenters. The Morgan fingerprint density at radius 2 is 1.72 bits per heavy atom. The van der Waals surface area contributed by atoms with Gasteiger partial charge in [0.2, 0.25) is 5.91 Å². The lowest BCUT2D eigenvalue weighted by molar-refractivity contribution is -0.144. The monoisotopic (exact) mass is 350 g/mol. The van der Waals surface area contributed by atoms with Crippen LogP contribution in [0.25, 0.3) is 0 Å². The van der Waals surface area contributed by atoms with Crippen molar-refractivity contribution < 1.29 is 29.0 Å². The first-order valence-corrected chi connectivity index (χ1v) is 7.96. The van der Waals surface area contributed by atoms with E-state index < -0.39 is 12.1 Å². The van der Waals surface area contributed by atoms with Crippen LogP contribution >= 0.6 is 0 Å². The number of carbonyl (C=O) groups excluding carboxylic acids is 3. The number of phenolic OH excluding ortho intramolecular Hbond substituents is 1. The van der Waals surface area contributed by atoms with Gasteiger partial charge in [-0.25, -0.2) is 4.79 Å². The van der Waals surface area contributed by atoms with Gasteiger partial charge in [0, 0.05) is 33.1 Å². The molecule has 0 aliphatic carbocycles. The van der Waals surface area contributed by atoms with Crippen LogP contribution in [-0.4, -0.2) is 72.1 Å². The molecule has 1 heterocycles. The zero-order chi connectivity index (χ0) is 18.6. The van der Waals surface area contributed by atoms with Gasteiger partial charge < -0.3 is 24.4 Å². The van der Waals surface area contributed by atoms with E-state index in [0.29, 0.717) is 26.2 Å². The van der Waals surface area contributed by atoms with Crippen molar-refractivity contribution in [1.29, 1.82) is 0 Å². The van der Waals surface area contributed by atoms with Crippen molar-refractivity contribution in [1.82, 2.24) is 9.80 Å². The summed E-state index contributed by atoms with van der Waals surface area (Å²) in [4.78, 5) is 39.2. The molecule has 1 fully saturated rings. The summed E-state index contributed by atoms with van der Waals surface area (Å²) in [6, 6.07) is 4.45. The highest BCUT2D eigenvalue weighted by atomic mass is 16.5. The minimum Gasteiger partial charge on any atom is -0.504 e. The summed E-state index contributed by atoms with van der Waals surface area (Å²) in [5, 5.41) is 9.98. The number of piperazine rings is 1. The largest absolute Gasteiger partial charge is 0.504 e. The third kappa shape index (κ3) is 4.20. The molecular weight excluding hydrogens is 328 g/mol. The highest BCUT2D eigenvalue weighted by Crippen LogP contribution is 2.30. The summed E-state index contributed by atoms with van der Waals surface area (Å²) in [6.07, 6.45) is -0.998. The van der Waals surface area contributed by atoms with E-state index >= 15 is 0 Å². The van der Waals surface area contributed by atoms with Crippen molar-refractivity contribution >= 4 is 17.8 Å². The van der Waals surface area contributed by atoms with E-state index in [2.05, 4.69) is 0 Å². The van der Waals surface area contributed by atoms with E-state index in [4.69, 9.17) is 9.47 Å². The fourth-order valence-electron chi connectivity index (χ4n) is 2.63. The lowest BCUT2D eigenvalue weighted by Crippen LogP contribution is -2.52. The summed E-state index contributed by atoms with van der Waals surface area (Å²) < 4.78 is 10.1. The van der Waals surface area contributed by atoms with Crippen LogP contribution in [0.3, 0.4) is 0 Å². The Balaban J connectivity index is 1.97. The maximum Gasteiger partial charge on any atom is 0.342 e. The van der Waals surface area contributed by atoms with E-state index in [-0.39, 0.29) is 28.9 Å². The van der Waals surface area contributed by atoms with Crippen molar-refractivity contribution in [3.8, 4) is 11.5 Å². The average molecular weight is 350 g/mol. The van der Waals surface area contributed by atoms with Crippen LogP contribution < -0.4 is 4.74 Å². The smallest absolute Gasteiger partial charge is 0.342 e. The molecule has 25 heavy (non-hydrogen) atoms. The third-order valence-electron chi connectivity index (χ3n) is 4.11. The molecule has 1 aromatic carbocycles. The molecule has 1 aromatic rings. The minimum absolute atomic E-state index is 0.0277. The highest BCUT2D eigenvalue weighted by Gasteiger charge is 2.29. The van der Waals surface area contributed by atoms with Gasteiger partial charge in [0.1, 0.15) is 5.56 Å². The maximum absolute atomic E-state index is 12.4. The molecule has 0 spiro atoms. The van der Waals surface area contributed by atoms with E-state index in [0.717, 1.165) is 0 Å². The van der Waals surface area contributed by atoms with Crippen molar-refractivity contribution in [2.24, 2.45) is 0 Å². The Morgan fingerprint density at radius 1 is 1.12 bits per heavy atom. The predicted molar refractivity (Wildman–Crippen MR) is 88.4 cm³/mol. The number of nitrogens with zero attached hydrogens (tertiary/aromatic N) is 2. The van der Waals surface area contributed by atoms with Gasteiger partial charge in [0.25, 0.3) is 5.91 Å². The Hall–Kier alpha value is -2.77. The number of aromatic hydroxyl groups is 1. The van der Waals surface area contributed by atoms with Crippen LogP contribution in [0.4, 0.5) is 0 Å². The summed E-state index contributed by atoms with van der Waals surface area (Å²) in [6.45, 7) is 4.67. The van der Waals surface area contributed by atoms with Crippen LogP contribution in [0.1, 0.15) is 24.2 Å². The SMILES string of the molecule is COc1cccc(C(=O)O[C@H](C)C(=O)N2CCN(C(C)=O)CC2)c1O. The normalized spacial score (nSPS) is 15.5. The zero-order valence-corrected chi connectivity index (χ0v) is 14.5. The second kappa shape index (κ2) is 7.87. The number of hydrogen-bond donors (Lipinski definition) is 1. The van der Waals surface area contributed by atoms with Crippen LogP contribution in [0.2, 0.25) is 0 Å². The number of methoxy groups -OCH3 is 1. The van der Waals surface area contributed by atoms with Crippen molar-refractivity contribution in [3.63, 3.8) is 0 Å². The molecule has 0 saturated carbocycles. The number of amides is 2. The predicted octanol–water partition coefficient (Wildman–Crippen LogP) is 0.637. The lowest BCUT2D eigenvalue weighted by Gasteiger charge is -2.35. The molecule has 8 heteroatoms. The Morgan fingerprint density at radius 3 is 2.28 bits per heavy atom. The van der Waals surface area contributed by atoms with E-state index in [9.17, 15) is 19.5 Å². The Bertz CT molecular complexity index is 667. The van der Waals surface area contributed by atoms with Gasteiger partial charge in [-0.05, 0) is 19.1 Å². The van der Waals surface area contributed by atoms with E-state index in [1.54, 1.807) is 15.9 Å². The molecule has 0 radical (unpaired) electrons. The molecule has 0 aromatic heterocycles. The number of carbonyl (C=O) groups is 3. The molecule has 2 rings (SSSR count). The van der Waals surface area contributed by atoms with Gasteiger partial charge in [-0.15, -0.1) is 0 Å². The topological polar surface area (TPSA) is 96.4 Å². The number of para-hydroxylation sites is 1. The molecule has 2 amide bonds. The number of benzene rings is 1. The van der Waals surface area contributed by atoms with Crippen LogP contribution in [0, 0.1) is 0 Å². The number of rotatable bonds is 4. The first kappa shape index (κ1) is 18.6. The first-order chi connectivity index (χ1) is 11.8. The second-order valence-electron chi connectivity index (χ2n) is 5.74. The average Bonchev–Trinajstić information content (AvgIpc) is 2.61. The maximum atomic E-state index is 12.4. The van der Waals surface area contributed by atoms with Crippen LogP contribution in [-0.2, 0) is 14.3 Å². The molecule has 1 aliphatic heterocycles. The van der Waals surface area contributed by atoms with Crippen molar-refractivity contribution in [2.75, 3.05) is 33.3 Å². The number of hydrogen-bond acceptors (Lipinski definition) is 6. The summed E-state index contributed by atoms with van der Waals surface area (Å²) >= 11 is 0. The Kier molecular flexibility index (Phi) is 5.84. The molecule has 1 saturated heterocycles. The first-order valence-electron chi connectivity index (χ1n) is 7.96. The second-order valence-corrected chi connectivity index (χ2v) is 5.74. The molecule has 1 aliphatic rings. The molecule has 0 unspecified atom stereocenters. The summed E-state index contributed by atoms with van der Waals surface area (Å²) in [7, 11) is 1.37.